The van der Waals surface area contributed by atoms with Crippen LogP contribution in [-0.2, 0) is 4.79 Å². The van der Waals surface area contributed by atoms with Crippen molar-refractivity contribution in [1.29, 1.82) is 0 Å². The van der Waals surface area contributed by atoms with Gasteiger partial charge in [-0.05, 0) is 31.6 Å². The molecule has 1 rings (SSSR count). The molecule has 1 fully saturated rings. The van der Waals surface area contributed by atoms with Crippen LogP contribution >= 0.6 is 0 Å². The minimum Gasteiger partial charge on any atom is -0.342 e. The van der Waals surface area contributed by atoms with E-state index >= 15 is 0 Å². The molecule has 2 N–H and O–H groups in total. The quantitative estimate of drug-likeness (QED) is 0.797. The third-order valence-electron chi connectivity index (χ3n) is 4.43. The second-order valence-electron chi connectivity index (χ2n) is 5.36. The van der Waals surface area contributed by atoms with E-state index in [9.17, 15) is 4.79 Å². The first-order chi connectivity index (χ1) is 7.45. The van der Waals surface area contributed by atoms with Gasteiger partial charge >= 0.3 is 0 Å². The van der Waals surface area contributed by atoms with Gasteiger partial charge in [0.1, 0.15) is 0 Å². The molecule has 3 nitrogen and oxygen atoms in total. The number of nitrogens with two attached hydrogens (primary N) is 1. The molecular formula is C13H26N2O. The average Bonchev–Trinajstić information content (AvgIpc) is 2.72. The van der Waals surface area contributed by atoms with Gasteiger partial charge in [0.25, 0.3) is 0 Å². The van der Waals surface area contributed by atoms with Crippen molar-refractivity contribution in [2.45, 2.75) is 53.0 Å². The van der Waals surface area contributed by atoms with Crippen molar-refractivity contribution in [2.24, 2.45) is 17.1 Å². The molecule has 0 aromatic rings. The van der Waals surface area contributed by atoms with Gasteiger partial charge in [-0.3, -0.25) is 4.79 Å². The zero-order valence-corrected chi connectivity index (χ0v) is 11.1. The number of carbonyl (C=O) groups is 1. The first-order valence-electron chi connectivity index (χ1n) is 6.50. The number of nitrogens with zero attached hydrogens (tertiary/aromatic N) is 1. The summed E-state index contributed by atoms with van der Waals surface area (Å²) in [6, 6.07) is -0.0502. The van der Waals surface area contributed by atoms with E-state index in [2.05, 4.69) is 13.8 Å². The SMILES string of the molecule is CCC1(CC)CCN(C(=O)C(C)C(C)N)C1. The van der Waals surface area contributed by atoms with Crippen LogP contribution in [0.5, 0.6) is 0 Å². The molecule has 2 unspecified atom stereocenters. The van der Waals surface area contributed by atoms with E-state index in [0.29, 0.717) is 5.41 Å². The summed E-state index contributed by atoms with van der Waals surface area (Å²) < 4.78 is 0. The van der Waals surface area contributed by atoms with E-state index in [-0.39, 0.29) is 17.9 Å². The van der Waals surface area contributed by atoms with Gasteiger partial charge in [-0.1, -0.05) is 20.8 Å². The van der Waals surface area contributed by atoms with Crippen molar-refractivity contribution in [3.63, 3.8) is 0 Å². The topological polar surface area (TPSA) is 46.3 Å². The largest absolute Gasteiger partial charge is 0.342 e. The highest BCUT2D eigenvalue weighted by Crippen LogP contribution is 2.37. The van der Waals surface area contributed by atoms with Crippen molar-refractivity contribution in [2.75, 3.05) is 13.1 Å². The maximum Gasteiger partial charge on any atom is 0.226 e. The van der Waals surface area contributed by atoms with E-state index in [1.54, 1.807) is 0 Å². The van der Waals surface area contributed by atoms with Crippen molar-refractivity contribution in [1.82, 2.24) is 4.90 Å². The van der Waals surface area contributed by atoms with E-state index in [1.807, 2.05) is 18.7 Å². The fraction of sp³-hybridized carbons (Fsp3) is 0.923. The Morgan fingerprint density at radius 3 is 2.31 bits per heavy atom. The van der Waals surface area contributed by atoms with E-state index < -0.39 is 0 Å². The van der Waals surface area contributed by atoms with Crippen molar-refractivity contribution < 1.29 is 4.79 Å². The molecule has 0 spiro atoms. The Balaban J connectivity index is 2.62. The molecule has 1 heterocycles. The number of carbonyl (C=O) groups excluding carboxylic acids is 1. The predicted molar refractivity (Wildman–Crippen MR) is 67.0 cm³/mol. The van der Waals surface area contributed by atoms with Crippen molar-refractivity contribution in [3.05, 3.63) is 0 Å². The first-order valence-corrected chi connectivity index (χ1v) is 6.50. The molecule has 1 aliphatic heterocycles. The smallest absolute Gasteiger partial charge is 0.226 e. The minimum absolute atomic E-state index is 0.0502. The maximum atomic E-state index is 12.2. The minimum atomic E-state index is -0.0514. The standard InChI is InChI=1S/C13H26N2O/c1-5-13(6-2)7-8-15(9-13)12(16)10(3)11(4)14/h10-11H,5-9,14H2,1-4H3. The molecule has 0 aliphatic carbocycles. The maximum absolute atomic E-state index is 12.2. The van der Waals surface area contributed by atoms with Crippen molar-refractivity contribution in [3.8, 4) is 0 Å². The molecule has 0 radical (unpaired) electrons. The van der Waals surface area contributed by atoms with Crippen LogP contribution in [-0.4, -0.2) is 29.9 Å². The lowest BCUT2D eigenvalue weighted by Crippen LogP contribution is -2.41. The lowest BCUT2D eigenvalue weighted by molar-refractivity contribution is -0.134. The van der Waals surface area contributed by atoms with E-state index in [4.69, 9.17) is 5.73 Å². The van der Waals surface area contributed by atoms with Crippen LogP contribution in [0.25, 0.3) is 0 Å². The Labute approximate surface area is 99.4 Å². The van der Waals surface area contributed by atoms with Crippen molar-refractivity contribution >= 4 is 5.91 Å². The van der Waals surface area contributed by atoms with Gasteiger partial charge in [0.2, 0.25) is 5.91 Å². The van der Waals surface area contributed by atoms with Crippen LogP contribution < -0.4 is 5.73 Å². The Morgan fingerprint density at radius 2 is 1.94 bits per heavy atom. The van der Waals surface area contributed by atoms with Gasteiger partial charge in [-0.2, -0.15) is 0 Å². The van der Waals surface area contributed by atoms with Crippen LogP contribution in [0.3, 0.4) is 0 Å². The Bertz CT molecular complexity index is 246. The van der Waals surface area contributed by atoms with Gasteiger partial charge in [-0.15, -0.1) is 0 Å². The van der Waals surface area contributed by atoms with Gasteiger partial charge in [-0.25, -0.2) is 0 Å². The molecule has 1 amide bonds. The lowest BCUT2D eigenvalue weighted by atomic mass is 9.82. The fourth-order valence-corrected chi connectivity index (χ4v) is 2.46. The zero-order chi connectivity index (χ0) is 12.3. The predicted octanol–water partition coefficient (Wildman–Crippen LogP) is 2.01. The second kappa shape index (κ2) is 5.17. The monoisotopic (exact) mass is 226 g/mol. The summed E-state index contributed by atoms with van der Waals surface area (Å²) in [5.74, 6) is 0.184. The average molecular weight is 226 g/mol. The summed E-state index contributed by atoms with van der Waals surface area (Å²) >= 11 is 0. The third kappa shape index (κ3) is 2.57. The van der Waals surface area contributed by atoms with Gasteiger partial charge < -0.3 is 10.6 Å². The summed E-state index contributed by atoms with van der Waals surface area (Å²) in [4.78, 5) is 14.2. The summed E-state index contributed by atoms with van der Waals surface area (Å²) in [7, 11) is 0. The summed E-state index contributed by atoms with van der Waals surface area (Å²) in [6.07, 6.45) is 3.48. The zero-order valence-electron chi connectivity index (χ0n) is 11.1. The Kier molecular flexibility index (Phi) is 4.36. The molecule has 16 heavy (non-hydrogen) atoms. The van der Waals surface area contributed by atoms with Gasteiger partial charge in [0.15, 0.2) is 0 Å². The molecule has 0 aromatic carbocycles. The molecule has 0 aromatic heterocycles. The Hall–Kier alpha value is -0.570. The third-order valence-corrected chi connectivity index (χ3v) is 4.43. The van der Waals surface area contributed by atoms with Crippen LogP contribution in [0.4, 0.5) is 0 Å². The van der Waals surface area contributed by atoms with Crippen LogP contribution in [0.1, 0.15) is 47.0 Å². The normalized spacial score (nSPS) is 23.2. The summed E-state index contributed by atoms with van der Waals surface area (Å²) in [5.41, 5.74) is 6.16. The fourth-order valence-electron chi connectivity index (χ4n) is 2.46. The first kappa shape index (κ1) is 13.5. The van der Waals surface area contributed by atoms with Crippen LogP contribution in [0.15, 0.2) is 0 Å². The molecule has 3 heteroatoms. The highest BCUT2D eigenvalue weighted by molar-refractivity contribution is 5.79. The van der Waals surface area contributed by atoms with Gasteiger partial charge in [0.05, 0.1) is 5.92 Å². The highest BCUT2D eigenvalue weighted by atomic mass is 16.2. The molecule has 1 aliphatic rings. The molecule has 94 valence electrons. The Morgan fingerprint density at radius 1 is 1.38 bits per heavy atom. The van der Waals surface area contributed by atoms with E-state index in [0.717, 1.165) is 19.5 Å². The molecule has 2 atom stereocenters. The van der Waals surface area contributed by atoms with Gasteiger partial charge in [0, 0.05) is 19.1 Å². The second-order valence-corrected chi connectivity index (χ2v) is 5.36. The number of hydrogen-bond acceptors (Lipinski definition) is 2. The summed E-state index contributed by atoms with van der Waals surface area (Å²) in [5, 5.41) is 0. The molecule has 0 bridgehead atoms. The number of likely N-dealkylation sites (tertiary alicyclic amines) is 1. The van der Waals surface area contributed by atoms with Crippen LogP contribution in [0.2, 0.25) is 0 Å². The number of amides is 1. The molecule has 1 saturated heterocycles. The highest BCUT2D eigenvalue weighted by Gasteiger charge is 2.38. The lowest BCUT2D eigenvalue weighted by Gasteiger charge is -2.28. The summed E-state index contributed by atoms with van der Waals surface area (Å²) in [6.45, 7) is 10.1. The number of hydrogen-bond donors (Lipinski definition) is 1. The van der Waals surface area contributed by atoms with Crippen LogP contribution in [0, 0.1) is 11.3 Å². The molecular weight excluding hydrogens is 200 g/mol. The van der Waals surface area contributed by atoms with E-state index in [1.165, 1.54) is 12.8 Å². The number of rotatable bonds is 4. The molecule has 0 saturated carbocycles.